The highest BCUT2D eigenvalue weighted by atomic mass is 35.5. The Balaban J connectivity index is 1.96. The van der Waals surface area contributed by atoms with Crippen molar-refractivity contribution in [3.63, 3.8) is 0 Å². The van der Waals surface area contributed by atoms with Gasteiger partial charge in [0.15, 0.2) is 6.04 Å². The van der Waals surface area contributed by atoms with Gasteiger partial charge in [-0.05, 0) is 24.3 Å². The summed E-state index contributed by atoms with van der Waals surface area (Å²) >= 11 is 6.19. The van der Waals surface area contributed by atoms with E-state index in [4.69, 9.17) is 16.6 Å². The number of anilines is 1. The Morgan fingerprint density at radius 2 is 1.69 bits per heavy atom. The van der Waals surface area contributed by atoms with Gasteiger partial charge < -0.3 is 10.4 Å². The molecule has 0 aliphatic carbocycles. The number of aliphatic imine (C=N–C) groups is 1. The Kier molecular flexibility index (Phi) is 4.19. The summed E-state index contributed by atoms with van der Waals surface area (Å²) in [5.74, 6) is -0.270. The lowest BCUT2D eigenvalue weighted by Crippen LogP contribution is -2.18. The van der Waals surface area contributed by atoms with E-state index in [2.05, 4.69) is 5.32 Å². The summed E-state index contributed by atoms with van der Waals surface area (Å²) in [7, 11) is 0. The molecule has 0 aromatic heterocycles. The molecule has 0 spiro atoms. The van der Waals surface area contributed by atoms with E-state index >= 15 is 0 Å². The smallest absolute Gasteiger partial charge is 0.253 e. The largest absolute Gasteiger partial charge is 0.508 e. The van der Waals surface area contributed by atoms with Crippen molar-refractivity contribution in [2.75, 3.05) is 5.32 Å². The fourth-order valence-corrected chi connectivity index (χ4v) is 3.21. The van der Waals surface area contributed by atoms with Crippen molar-refractivity contribution in [1.29, 1.82) is 0 Å². The number of benzodiazepines with no additional fused rings is 1. The lowest BCUT2D eigenvalue weighted by molar-refractivity contribution is -0.117. The Morgan fingerprint density at radius 3 is 2.46 bits per heavy atom. The Bertz CT molecular complexity index is 1020. The van der Waals surface area contributed by atoms with E-state index < -0.39 is 6.04 Å². The zero-order valence-corrected chi connectivity index (χ0v) is 14.4. The Hall–Kier alpha value is -3.11. The van der Waals surface area contributed by atoms with E-state index in [1.54, 1.807) is 42.5 Å². The molecular formula is C21H15ClN2O2. The summed E-state index contributed by atoms with van der Waals surface area (Å²) in [6.45, 7) is 0. The summed E-state index contributed by atoms with van der Waals surface area (Å²) in [4.78, 5) is 17.6. The van der Waals surface area contributed by atoms with Crippen molar-refractivity contribution in [3.8, 4) is 5.75 Å². The van der Waals surface area contributed by atoms with Gasteiger partial charge in [-0.2, -0.15) is 0 Å². The second-order valence-electron chi connectivity index (χ2n) is 5.98. The van der Waals surface area contributed by atoms with Crippen molar-refractivity contribution in [2.45, 2.75) is 6.04 Å². The predicted octanol–water partition coefficient (Wildman–Crippen LogP) is 4.58. The summed E-state index contributed by atoms with van der Waals surface area (Å²) in [6, 6.07) is 20.8. The number of phenolic OH excluding ortho intramolecular Hbond substituents is 1. The first-order valence-corrected chi connectivity index (χ1v) is 8.53. The number of nitrogens with one attached hydrogen (secondary N) is 1. The monoisotopic (exact) mass is 362 g/mol. The van der Waals surface area contributed by atoms with Gasteiger partial charge in [0, 0.05) is 21.7 Å². The average molecular weight is 363 g/mol. The third kappa shape index (κ3) is 2.95. The predicted molar refractivity (Wildman–Crippen MR) is 103 cm³/mol. The summed E-state index contributed by atoms with van der Waals surface area (Å²) < 4.78 is 0. The SMILES string of the molecule is O=C1Nc2ccc(Cl)cc2C(c2ccccc2)=NC1c1ccccc1O. The molecule has 128 valence electrons. The first kappa shape index (κ1) is 16.4. The minimum absolute atomic E-state index is 0.0350. The topological polar surface area (TPSA) is 61.7 Å². The van der Waals surface area contributed by atoms with E-state index in [0.29, 0.717) is 22.0 Å². The molecule has 4 nitrogen and oxygen atoms in total. The van der Waals surface area contributed by atoms with Crippen molar-refractivity contribution in [2.24, 2.45) is 4.99 Å². The standard InChI is InChI=1S/C21H15ClN2O2/c22-14-10-11-17-16(12-14)19(13-6-2-1-3-7-13)24-20(21(26)23-17)15-8-4-5-9-18(15)25/h1-12,20,25H,(H,23,26). The van der Waals surface area contributed by atoms with Crippen LogP contribution in [0.2, 0.25) is 5.02 Å². The van der Waals surface area contributed by atoms with Crippen LogP contribution in [0.15, 0.2) is 77.8 Å². The third-order valence-corrected chi connectivity index (χ3v) is 4.51. The lowest BCUT2D eigenvalue weighted by Gasteiger charge is -2.13. The van der Waals surface area contributed by atoms with Crippen LogP contribution in [-0.4, -0.2) is 16.7 Å². The van der Waals surface area contributed by atoms with Crippen LogP contribution in [0.1, 0.15) is 22.7 Å². The highest BCUT2D eigenvalue weighted by molar-refractivity contribution is 6.32. The van der Waals surface area contributed by atoms with Gasteiger partial charge in [-0.15, -0.1) is 0 Å². The molecule has 3 aromatic rings. The molecule has 1 atom stereocenters. The fraction of sp³-hybridized carbons (Fsp3) is 0.0476. The first-order chi connectivity index (χ1) is 12.6. The number of nitrogens with zero attached hydrogens (tertiary/aromatic N) is 1. The number of hydrogen-bond acceptors (Lipinski definition) is 3. The first-order valence-electron chi connectivity index (χ1n) is 8.15. The summed E-state index contributed by atoms with van der Waals surface area (Å²) in [5.41, 5.74) is 3.36. The zero-order valence-electron chi connectivity index (χ0n) is 13.7. The number of rotatable bonds is 2. The molecule has 0 radical (unpaired) electrons. The van der Waals surface area contributed by atoms with Crippen LogP contribution in [0.3, 0.4) is 0 Å². The number of halogens is 1. The van der Waals surface area contributed by atoms with E-state index in [9.17, 15) is 9.90 Å². The molecule has 0 fully saturated rings. The maximum Gasteiger partial charge on any atom is 0.253 e. The van der Waals surface area contributed by atoms with Gasteiger partial charge >= 0.3 is 0 Å². The molecule has 0 saturated carbocycles. The lowest BCUT2D eigenvalue weighted by atomic mass is 10.0. The molecule has 26 heavy (non-hydrogen) atoms. The maximum atomic E-state index is 12.8. The average Bonchev–Trinajstić information content (AvgIpc) is 2.79. The van der Waals surface area contributed by atoms with Crippen LogP contribution in [0.25, 0.3) is 0 Å². The molecule has 0 bridgehead atoms. The van der Waals surface area contributed by atoms with Crippen molar-refractivity contribution >= 4 is 28.9 Å². The number of phenols is 1. The van der Waals surface area contributed by atoms with E-state index in [1.165, 1.54) is 0 Å². The van der Waals surface area contributed by atoms with Crippen molar-refractivity contribution in [3.05, 3.63) is 94.5 Å². The highest BCUT2D eigenvalue weighted by Gasteiger charge is 2.28. The van der Waals surface area contributed by atoms with E-state index in [-0.39, 0.29) is 11.7 Å². The molecular weight excluding hydrogens is 348 g/mol. The number of amides is 1. The number of fused-ring (bicyclic) bond motifs is 1. The summed E-state index contributed by atoms with van der Waals surface area (Å²) in [5, 5.41) is 13.7. The van der Waals surface area contributed by atoms with Crippen LogP contribution in [0, 0.1) is 0 Å². The number of benzene rings is 3. The number of para-hydroxylation sites is 1. The van der Waals surface area contributed by atoms with Gasteiger partial charge in [0.2, 0.25) is 0 Å². The van der Waals surface area contributed by atoms with E-state index in [0.717, 1.165) is 11.1 Å². The molecule has 1 amide bonds. The highest BCUT2D eigenvalue weighted by Crippen LogP contribution is 2.34. The number of carbonyl (C=O) groups is 1. The van der Waals surface area contributed by atoms with Gasteiger partial charge in [0.1, 0.15) is 5.75 Å². The minimum atomic E-state index is -0.863. The van der Waals surface area contributed by atoms with E-state index in [1.807, 2.05) is 30.3 Å². The normalized spacial score (nSPS) is 16.3. The second-order valence-corrected chi connectivity index (χ2v) is 6.42. The molecule has 2 N–H and O–H groups in total. The number of aromatic hydroxyl groups is 1. The quantitative estimate of drug-likeness (QED) is 0.701. The number of hydrogen-bond donors (Lipinski definition) is 2. The van der Waals surface area contributed by atoms with Crippen molar-refractivity contribution in [1.82, 2.24) is 0 Å². The van der Waals surface area contributed by atoms with Crippen molar-refractivity contribution < 1.29 is 9.90 Å². The Morgan fingerprint density at radius 1 is 0.962 bits per heavy atom. The maximum absolute atomic E-state index is 12.8. The van der Waals surface area contributed by atoms with Gasteiger partial charge in [-0.1, -0.05) is 60.1 Å². The molecule has 1 aliphatic rings. The molecule has 0 saturated heterocycles. The van der Waals surface area contributed by atoms with Crippen LogP contribution in [0.5, 0.6) is 5.75 Å². The fourth-order valence-electron chi connectivity index (χ4n) is 3.04. The van der Waals surface area contributed by atoms with Crippen LogP contribution in [0.4, 0.5) is 5.69 Å². The van der Waals surface area contributed by atoms with Gasteiger partial charge in [-0.3, -0.25) is 9.79 Å². The molecule has 3 aromatic carbocycles. The van der Waals surface area contributed by atoms with Crippen LogP contribution >= 0.6 is 11.6 Å². The zero-order chi connectivity index (χ0) is 18.1. The number of carbonyl (C=O) groups excluding carboxylic acids is 1. The molecule has 1 heterocycles. The van der Waals surface area contributed by atoms with Crippen LogP contribution < -0.4 is 5.32 Å². The Labute approximate surface area is 155 Å². The van der Waals surface area contributed by atoms with Gasteiger partial charge in [0.25, 0.3) is 5.91 Å². The molecule has 1 aliphatic heterocycles. The van der Waals surface area contributed by atoms with Gasteiger partial charge in [-0.25, -0.2) is 0 Å². The van der Waals surface area contributed by atoms with Gasteiger partial charge in [0.05, 0.1) is 11.4 Å². The minimum Gasteiger partial charge on any atom is -0.508 e. The third-order valence-electron chi connectivity index (χ3n) is 4.28. The molecule has 4 rings (SSSR count). The molecule has 5 heteroatoms. The summed E-state index contributed by atoms with van der Waals surface area (Å²) in [6.07, 6.45) is 0. The van der Waals surface area contributed by atoms with Crippen LogP contribution in [-0.2, 0) is 4.79 Å². The second kappa shape index (κ2) is 6.65. The molecule has 1 unspecified atom stereocenters.